The number of amides is 1. The minimum Gasteiger partial charge on any atom is -0.449 e. The van der Waals surface area contributed by atoms with Gasteiger partial charge in [0.05, 0.1) is 6.54 Å². The Labute approximate surface area is 115 Å². The van der Waals surface area contributed by atoms with Crippen LogP contribution < -0.4 is 0 Å². The third kappa shape index (κ3) is 1.59. The average Bonchev–Trinajstić information content (AvgIpc) is 3.04. The average molecular weight is 273 g/mol. The number of fused-ring (bicyclic) bond motifs is 1. The number of rotatable bonds is 2. The van der Waals surface area contributed by atoms with Gasteiger partial charge < -0.3 is 9.32 Å². The van der Waals surface area contributed by atoms with Crippen LogP contribution >= 0.6 is 0 Å². The fourth-order valence-corrected chi connectivity index (χ4v) is 2.76. The van der Waals surface area contributed by atoms with E-state index in [0.717, 1.165) is 18.7 Å². The molecule has 2 aromatic heterocycles. The molecule has 1 aliphatic heterocycles. The van der Waals surface area contributed by atoms with Gasteiger partial charge in [-0.3, -0.25) is 9.36 Å². The monoisotopic (exact) mass is 273 g/mol. The van der Waals surface area contributed by atoms with E-state index < -0.39 is 0 Å². The number of hydrogen-bond acceptors (Lipinski definition) is 5. The van der Waals surface area contributed by atoms with Crippen molar-refractivity contribution in [3.63, 3.8) is 0 Å². The molecule has 0 aromatic carbocycles. The number of hydrogen-bond donors (Lipinski definition) is 0. The first-order valence-electron chi connectivity index (χ1n) is 6.82. The van der Waals surface area contributed by atoms with E-state index in [-0.39, 0.29) is 11.9 Å². The van der Waals surface area contributed by atoms with Gasteiger partial charge in [-0.25, -0.2) is 4.98 Å². The van der Waals surface area contributed by atoms with Gasteiger partial charge in [-0.1, -0.05) is 0 Å². The first-order chi connectivity index (χ1) is 9.65. The Hall–Kier alpha value is -2.18. The van der Waals surface area contributed by atoms with Crippen molar-refractivity contribution in [1.82, 2.24) is 24.6 Å². The quantitative estimate of drug-likeness (QED) is 0.824. The second kappa shape index (κ2) is 3.91. The number of aryl methyl sites for hydroxylation is 1. The van der Waals surface area contributed by atoms with Crippen LogP contribution in [0.2, 0.25) is 0 Å². The normalized spacial score (nSPS) is 22.2. The van der Waals surface area contributed by atoms with Gasteiger partial charge in [-0.15, -0.1) is 10.2 Å². The molecule has 0 radical (unpaired) electrons. The molecule has 1 saturated carbocycles. The molecule has 7 heteroatoms. The summed E-state index contributed by atoms with van der Waals surface area (Å²) in [6, 6.07) is 0.106. The van der Waals surface area contributed by atoms with Crippen LogP contribution in [0.1, 0.15) is 37.5 Å². The fraction of sp³-hybridized carbons (Fsp3) is 0.538. The molecule has 0 N–H and O–H groups in total. The predicted octanol–water partition coefficient (Wildman–Crippen LogP) is 1.31. The van der Waals surface area contributed by atoms with Crippen molar-refractivity contribution in [3.05, 3.63) is 18.0 Å². The Bertz CT molecular complexity index is 685. The highest BCUT2D eigenvalue weighted by molar-refractivity contribution is 5.82. The van der Waals surface area contributed by atoms with Crippen LogP contribution in [0.5, 0.6) is 0 Å². The maximum absolute atomic E-state index is 12.5. The molecule has 104 valence electrons. The molecule has 4 rings (SSSR count). The fourth-order valence-electron chi connectivity index (χ4n) is 2.76. The van der Waals surface area contributed by atoms with Gasteiger partial charge in [-0.05, 0) is 19.8 Å². The van der Waals surface area contributed by atoms with Gasteiger partial charge in [0.25, 0.3) is 0 Å². The molecule has 1 amide bonds. The highest BCUT2D eigenvalue weighted by Crippen LogP contribution is 2.35. The Morgan fingerprint density at radius 2 is 2.15 bits per heavy atom. The van der Waals surface area contributed by atoms with Crippen LogP contribution in [0.3, 0.4) is 0 Å². The van der Waals surface area contributed by atoms with E-state index in [9.17, 15) is 4.79 Å². The smallest absolute Gasteiger partial charge is 0.246 e. The van der Waals surface area contributed by atoms with Crippen LogP contribution in [0.25, 0.3) is 11.5 Å². The van der Waals surface area contributed by atoms with Crippen molar-refractivity contribution in [2.45, 2.75) is 45.3 Å². The molecule has 3 heterocycles. The summed E-state index contributed by atoms with van der Waals surface area (Å²) in [7, 11) is 0. The lowest BCUT2D eigenvalue weighted by atomic mass is 10.2. The summed E-state index contributed by atoms with van der Waals surface area (Å²) in [4.78, 5) is 18.7. The third-order valence-electron chi connectivity index (χ3n) is 3.94. The maximum atomic E-state index is 12.5. The number of aromatic nitrogens is 4. The summed E-state index contributed by atoms with van der Waals surface area (Å²) in [5, 5.41) is 8.42. The van der Waals surface area contributed by atoms with E-state index in [1.165, 1.54) is 0 Å². The summed E-state index contributed by atoms with van der Waals surface area (Å²) >= 11 is 0. The molecule has 2 aromatic rings. The van der Waals surface area contributed by atoms with Crippen LogP contribution in [0.4, 0.5) is 0 Å². The van der Waals surface area contributed by atoms with Crippen molar-refractivity contribution in [3.8, 4) is 11.5 Å². The van der Waals surface area contributed by atoms with E-state index >= 15 is 0 Å². The molecule has 2 aliphatic rings. The molecule has 1 fully saturated rings. The molecular formula is C13H15N5O2. The first-order valence-corrected chi connectivity index (χ1v) is 6.82. The second-order valence-electron chi connectivity index (χ2n) is 5.43. The zero-order valence-corrected chi connectivity index (χ0v) is 11.4. The van der Waals surface area contributed by atoms with Crippen LogP contribution in [0.15, 0.2) is 10.7 Å². The third-order valence-corrected chi connectivity index (χ3v) is 3.94. The summed E-state index contributed by atoms with van der Waals surface area (Å²) in [5.41, 5.74) is 0.626. The minimum absolute atomic E-state index is 0.140. The van der Waals surface area contributed by atoms with Gasteiger partial charge >= 0.3 is 0 Å². The highest BCUT2D eigenvalue weighted by Gasteiger charge is 2.41. The SMILES string of the molecule is Cc1nc(-c2nnc3n2C(C)C(=O)N(C2CC2)C3)co1. The van der Waals surface area contributed by atoms with Crippen molar-refractivity contribution >= 4 is 5.91 Å². The van der Waals surface area contributed by atoms with Crippen molar-refractivity contribution < 1.29 is 9.21 Å². The number of nitrogens with zero attached hydrogens (tertiary/aromatic N) is 5. The Morgan fingerprint density at radius 3 is 2.80 bits per heavy atom. The Balaban J connectivity index is 1.78. The van der Waals surface area contributed by atoms with Crippen LogP contribution in [0, 0.1) is 6.92 Å². The lowest BCUT2D eigenvalue weighted by Crippen LogP contribution is -2.43. The highest BCUT2D eigenvalue weighted by atomic mass is 16.3. The standard InChI is InChI=1S/C13H15N5O2/c1-7-13(19)17(9-3-4-9)5-11-15-16-12(18(7)11)10-6-20-8(2)14-10/h6-7,9H,3-5H2,1-2H3. The van der Waals surface area contributed by atoms with Gasteiger partial charge in [0.1, 0.15) is 18.0 Å². The number of oxazole rings is 1. The largest absolute Gasteiger partial charge is 0.449 e. The van der Waals surface area contributed by atoms with Gasteiger partial charge in [0.2, 0.25) is 5.91 Å². The topological polar surface area (TPSA) is 77.1 Å². The number of carbonyl (C=O) groups excluding carboxylic acids is 1. The Morgan fingerprint density at radius 1 is 1.35 bits per heavy atom. The van der Waals surface area contributed by atoms with Gasteiger partial charge in [0, 0.05) is 13.0 Å². The maximum Gasteiger partial charge on any atom is 0.246 e. The van der Waals surface area contributed by atoms with Crippen molar-refractivity contribution in [2.24, 2.45) is 0 Å². The van der Waals surface area contributed by atoms with Crippen molar-refractivity contribution in [1.29, 1.82) is 0 Å². The summed E-state index contributed by atoms with van der Waals surface area (Å²) in [6.07, 6.45) is 3.75. The molecule has 1 atom stereocenters. The van der Waals surface area contributed by atoms with Crippen LogP contribution in [-0.2, 0) is 11.3 Å². The lowest BCUT2D eigenvalue weighted by Gasteiger charge is -2.31. The van der Waals surface area contributed by atoms with Gasteiger partial charge in [0.15, 0.2) is 17.5 Å². The lowest BCUT2D eigenvalue weighted by molar-refractivity contribution is -0.137. The molecular weight excluding hydrogens is 258 g/mol. The summed E-state index contributed by atoms with van der Waals surface area (Å²) in [6.45, 7) is 4.21. The van der Waals surface area contributed by atoms with E-state index in [0.29, 0.717) is 30.0 Å². The van der Waals surface area contributed by atoms with Gasteiger partial charge in [-0.2, -0.15) is 0 Å². The Kier molecular flexibility index (Phi) is 2.27. The molecule has 20 heavy (non-hydrogen) atoms. The van der Waals surface area contributed by atoms with E-state index in [1.54, 1.807) is 13.2 Å². The zero-order valence-electron chi connectivity index (χ0n) is 11.4. The molecule has 0 bridgehead atoms. The molecule has 1 aliphatic carbocycles. The number of carbonyl (C=O) groups is 1. The summed E-state index contributed by atoms with van der Waals surface area (Å²) < 4.78 is 7.10. The van der Waals surface area contributed by atoms with E-state index in [4.69, 9.17) is 4.42 Å². The van der Waals surface area contributed by atoms with E-state index in [2.05, 4.69) is 15.2 Å². The van der Waals surface area contributed by atoms with Crippen molar-refractivity contribution in [2.75, 3.05) is 0 Å². The first kappa shape index (κ1) is 11.6. The zero-order chi connectivity index (χ0) is 13.9. The molecule has 1 unspecified atom stereocenters. The minimum atomic E-state index is -0.290. The molecule has 0 saturated heterocycles. The predicted molar refractivity (Wildman–Crippen MR) is 68.5 cm³/mol. The van der Waals surface area contributed by atoms with Crippen LogP contribution in [-0.4, -0.2) is 36.6 Å². The molecule has 0 spiro atoms. The molecule has 7 nitrogen and oxygen atoms in total. The second-order valence-corrected chi connectivity index (χ2v) is 5.43. The van der Waals surface area contributed by atoms with E-state index in [1.807, 2.05) is 16.4 Å². The summed E-state index contributed by atoms with van der Waals surface area (Å²) in [5.74, 6) is 2.14.